The van der Waals surface area contributed by atoms with Gasteiger partial charge in [-0.15, -0.1) is 0 Å². The van der Waals surface area contributed by atoms with Gasteiger partial charge < -0.3 is 15.4 Å². The second-order valence-electron chi connectivity index (χ2n) is 2.17. The maximum absolute atomic E-state index is 10.7. The topological polar surface area (TPSA) is 79.4 Å². The zero-order chi connectivity index (χ0) is 8.85. The first-order chi connectivity index (χ1) is 5.07. The van der Waals surface area contributed by atoms with Gasteiger partial charge in [-0.3, -0.25) is 5.41 Å². The molecule has 0 saturated carbocycles. The lowest BCUT2D eigenvalue weighted by Crippen LogP contribution is -2.29. The van der Waals surface area contributed by atoms with E-state index in [1.165, 1.54) is 12.0 Å². The summed E-state index contributed by atoms with van der Waals surface area (Å²) in [4.78, 5) is 12.1. The summed E-state index contributed by atoms with van der Waals surface area (Å²) in [5.74, 6) is 0.0701. The molecule has 0 fully saturated rings. The summed E-state index contributed by atoms with van der Waals surface area (Å²) >= 11 is 0. The Bertz CT molecular complexity index is 158. The Balaban J connectivity index is 3.60. The fourth-order valence-electron chi connectivity index (χ4n) is 0.535. The van der Waals surface area contributed by atoms with E-state index >= 15 is 0 Å². The van der Waals surface area contributed by atoms with Crippen LogP contribution in [0.3, 0.4) is 0 Å². The standard InChI is InChI=1S/C6H13N3O2/c1-9(6(10)11-2)4-3-5(7)8/h3-4H2,1-2H3,(H3,7,8). The molecule has 0 atom stereocenters. The molecular formula is C6H13N3O2. The Morgan fingerprint density at radius 2 is 2.27 bits per heavy atom. The van der Waals surface area contributed by atoms with E-state index in [-0.39, 0.29) is 5.84 Å². The van der Waals surface area contributed by atoms with Crippen molar-refractivity contribution in [3.63, 3.8) is 0 Å². The highest BCUT2D eigenvalue weighted by Gasteiger charge is 2.06. The zero-order valence-electron chi connectivity index (χ0n) is 6.76. The van der Waals surface area contributed by atoms with Gasteiger partial charge in [0.15, 0.2) is 0 Å². The molecule has 0 heterocycles. The average molecular weight is 159 g/mol. The predicted molar refractivity (Wildman–Crippen MR) is 41.6 cm³/mol. The summed E-state index contributed by atoms with van der Waals surface area (Å²) in [7, 11) is 2.90. The van der Waals surface area contributed by atoms with Gasteiger partial charge in [0.1, 0.15) is 0 Å². The first kappa shape index (κ1) is 9.74. The number of rotatable bonds is 3. The summed E-state index contributed by atoms with van der Waals surface area (Å²) in [6.07, 6.45) is -0.0303. The number of amidine groups is 1. The summed E-state index contributed by atoms with van der Waals surface area (Å²) in [6, 6.07) is 0. The second-order valence-corrected chi connectivity index (χ2v) is 2.17. The van der Waals surface area contributed by atoms with E-state index in [0.29, 0.717) is 13.0 Å². The number of hydrogen-bond acceptors (Lipinski definition) is 3. The Morgan fingerprint density at radius 3 is 2.64 bits per heavy atom. The van der Waals surface area contributed by atoms with Crippen molar-refractivity contribution in [3.05, 3.63) is 0 Å². The smallest absolute Gasteiger partial charge is 0.409 e. The SMILES string of the molecule is COC(=O)N(C)CCC(=N)N. The summed E-state index contributed by atoms with van der Waals surface area (Å²) in [5, 5.41) is 6.88. The van der Waals surface area contributed by atoms with Crippen LogP contribution in [0, 0.1) is 5.41 Å². The fraction of sp³-hybridized carbons (Fsp3) is 0.667. The van der Waals surface area contributed by atoms with Gasteiger partial charge >= 0.3 is 6.09 Å². The monoisotopic (exact) mass is 159 g/mol. The normalized spacial score (nSPS) is 8.91. The van der Waals surface area contributed by atoms with Crippen molar-refractivity contribution < 1.29 is 9.53 Å². The number of carbonyl (C=O) groups is 1. The van der Waals surface area contributed by atoms with Crippen LogP contribution in [0.5, 0.6) is 0 Å². The van der Waals surface area contributed by atoms with Gasteiger partial charge in [-0.05, 0) is 0 Å². The lowest BCUT2D eigenvalue weighted by Gasteiger charge is -2.13. The molecule has 0 saturated heterocycles. The van der Waals surface area contributed by atoms with Gasteiger partial charge in [0, 0.05) is 20.0 Å². The molecule has 1 amide bonds. The Morgan fingerprint density at radius 1 is 1.73 bits per heavy atom. The van der Waals surface area contributed by atoms with Gasteiger partial charge in [-0.25, -0.2) is 4.79 Å². The molecule has 0 aliphatic rings. The summed E-state index contributed by atoms with van der Waals surface area (Å²) < 4.78 is 4.42. The number of nitrogens with zero attached hydrogens (tertiary/aromatic N) is 1. The molecule has 5 nitrogen and oxygen atoms in total. The maximum atomic E-state index is 10.7. The molecule has 11 heavy (non-hydrogen) atoms. The maximum Gasteiger partial charge on any atom is 0.409 e. The minimum Gasteiger partial charge on any atom is -0.453 e. The molecule has 3 N–H and O–H groups in total. The largest absolute Gasteiger partial charge is 0.453 e. The van der Waals surface area contributed by atoms with Gasteiger partial charge in [0.05, 0.1) is 12.9 Å². The Kier molecular flexibility index (Phi) is 4.02. The number of carbonyl (C=O) groups excluding carboxylic acids is 1. The second kappa shape index (κ2) is 4.54. The van der Waals surface area contributed by atoms with Crippen molar-refractivity contribution in [2.24, 2.45) is 5.73 Å². The third-order valence-corrected chi connectivity index (χ3v) is 1.20. The summed E-state index contributed by atoms with van der Waals surface area (Å²) in [5.41, 5.74) is 5.09. The van der Waals surface area contributed by atoms with Gasteiger partial charge in [-0.1, -0.05) is 0 Å². The van der Waals surface area contributed by atoms with Crippen molar-refractivity contribution >= 4 is 11.9 Å². The molecule has 64 valence electrons. The summed E-state index contributed by atoms with van der Waals surface area (Å²) in [6.45, 7) is 0.419. The number of nitrogens with one attached hydrogen (secondary N) is 1. The van der Waals surface area contributed by atoms with Crippen LogP contribution in [0.25, 0.3) is 0 Å². The predicted octanol–water partition coefficient (Wildman–Crippen LogP) is 0.0107. The molecule has 0 aromatic heterocycles. The van der Waals surface area contributed by atoms with E-state index in [9.17, 15) is 4.79 Å². The van der Waals surface area contributed by atoms with Crippen molar-refractivity contribution in [1.82, 2.24) is 4.90 Å². The van der Waals surface area contributed by atoms with Crippen LogP contribution < -0.4 is 5.73 Å². The zero-order valence-corrected chi connectivity index (χ0v) is 6.76. The highest BCUT2D eigenvalue weighted by atomic mass is 16.5. The molecule has 0 unspecified atom stereocenters. The van der Waals surface area contributed by atoms with Crippen LogP contribution in [-0.2, 0) is 4.74 Å². The minimum atomic E-state index is -0.411. The molecule has 0 aliphatic heterocycles. The quantitative estimate of drug-likeness (QED) is 0.449. The third-order valence-electron chi connectivity index (χ3n) is 1.20. The van der Waals surface area contributed by atoms with Crippen molar-refractivity contribution in [2.45, 2.75) is 6.42 Å². The van der Waals surface area contributed by atoms with Crippen LogP contribution >= 0.6 is 0 Å². The van der Waals surface area contributed by atoms with Crippen molar-refractivity contribution in [2.75, 3.05) is 20.7 Å². The molecular weight excluding hydrogens is 146 g/mol. The van der Waals surface area contributed by atoms with E-state index in [1.54, 1.807) is 7.05 Å². The molecule has 0 bridgehead atoms. The average Bonchev–Trinajstić information content (AvgIpc) is 1.98. The van der Waals surface area contributed by atoms with Gasteiger partial charge in [-0.2, -0.15) is 0 Å². The first-order valence-electron chi connectivity index (χ1n) is 3.20. The Labute approximate surface area is 65.6 Å². The van der Waals surface area contributed by atoms with Crippen LogP contribution in [0.1, 0.15) is 6.42 Å². The van der Waals surface area contributed by atoms with E-state index in [1.807, 2.05) is 0 Å². The molecule has 0 aliphatic carbocycles. The molecule has 0 rings (SSSR count). The third kappa shape index (κ3) is 4.19. The van der Waals surface area contributed by atoms with Crippen molar-refractivity contribution in [1.29, 1.82) is 5.41 Å². The van der Waals surface area contributed by atoms with E-state index in [2.05, 4.69) is 4.74 Å². The van der Waals surface area contributed by atoms with E-state index < -0.39 is 6.09 Å². The molecule has 0 aromatic carbocycles. The Hall–Kier alpha value is -1.26. The van der Waals surface area contributed by atoms with E-state index in [0.717, 1.165) is 0 Å². The van der Waals surface area contributed by atoms with Crippen LogP contribution in [0.15, 0.2) is 0 Å². The molecule has 0 aromatic rings. The van der Waals surface area contributed by atoms with Gasteiger partial charge in [0.2, 0.25) is 0 Å². The number of ether oxygens (including phenoxy) is 1. The van der Waals surface area contributed by atoms with Crippen LogP contribution in [0.2, 0.25) is 0 Å². The van der Waals surface area contributed by atoms with Gasteiger partial charge in [0.25, 0.3) is 0 Å². The molecule has 0 radical (unpaired) electrons. The van der Waals surface area contributed by atoms with Crippen LogP contribution in [0.4, 0.5) is 4.79 Å². The van der Waals surface area contributed by atoms with Crippen molar-refractivity contribution in [3.8, 4) is 0 Å². The van der Waals surface area contributed by atoms with E-state index in [4.69, 9.17) is 11.1 Å². The first-order valence-corrected chi connectivity index (χ1v) is 3.20. The number of methoxy groups -OCH3 is 1. The lowest BCUT2D eigenvalue weighted by atomic mass is 10.4. The molecule has 0 spiro atoms. The lowest BCUT2D eigenvalue weighted by molar-refractivity contribution is 0.134. The fourth-order valence-corrected chi connectivity index (χ4v) is 0.535. The highest BCUT2D eigenvalue weighted by Crippen LogP contribution is 1.89. The number of amides is 1. The van der Waals surface area contributed by atoms with Crippen LogP contribution in [-0.4, -0.2) is 37.5 Å². The minimum absolute atomic E-state index is 0.0701. The number of hydrogen-bond donors (Lipinski definition) is 2. The molecule has 5 heteroatoms. The highest BCUT2D eigenvalue weighted by molar-refractivity contribution is 5.77. The number of nitrogens with two attached hydrogens (primary N) is 1.